The van der Waals surface area contributed by atoms with E-state index in [0.29, 0.717) is 6.61 Å². The quantitative estimate of drug-likeness (QED) is 0.855. The number of hydrogen-bond donors (Lipinski definition) is 2. The van der Waals surface area contributed by atoms with Crippen LogP contribution >= 0.6 is 0 Å². The minimum absolute atomic E-state index is 0.141. The molecule has 0 bridgehead atoms. The first-order valence-corrected chi connectivity index (χ1v) is 6.77. The summed E-state index contributed by atoms with van der Waals surface area (Å²) >= 11 is 0. The van der Waals surface area contributed by atoms with E-state index >= 15 is 0 Å². The third kappa shape index (κ3) is 3.57. The van der Waals surface area contributed by atoms with Gasteiger partial charge in [0.05, 0.1) is 25.0 Å². The van der Waals surface area contributed by atoms with Crippen molar-refractivity contribution in [3.05, 3.63) is 35.4 Å². The number of carboxylic acids is 1. The number of carboxylic acid groups (broad SMARTS) is 1. The summed E-state index contributed by atoms with van der Waals surface area (Å²) in [5, 5.41) is 11.4. The molecule has 2 rings (SSSR count). The van der Waals surface area contributed by atoms with Gasteiger partial charge >= 0.3 is 5.97 Å². The number of carbonyl (C=O) groups excluding carboxylic acids is 1. The summed E-state index contributed by atoms with van der Waals surface area (Å²) in [5.74, 6) is -1.68. The van der Waals surface area contributed by atoms with Gasteiger partial charge in [-0.15, -0.1) is 0 Å². The molecule has 0 spiro atoms. The molecular weight excluding hydrogens is 258 g/mol. The lowest BCUT2D eigenvalue weighted by Gasteiger charge is -2.25. The third-order valence-corrected chi connectivity index (χ3v) is 3.49. The predicted molar refractivity (Wildman–Crippen MR) is 73.3 cm³/mol. The van der Waals surface area contributed by atoms with Gasteiger partial charge in [0, 0.05) is 6.54 Å². The topological polar surface area (TPSA) is 75.6 Å². The van der Waals surface area contributed by atoms with Crippen molar-refractivity contribution in [2.45, 2.75) is 25.9 Å². The van der Waals surface area contributed by atoms with Crippen LogP contribution in [0.3, 0.4) is 0 Å². The molecule has 20 heavy (non-hydrogen) atoms. The molecule has 1 aromatic carbocycles. The number of nitrogens with one attached hydrogen (secondary N) is 1. The van der Waals surface area contributed by atoms with Crippen molar-refractivity contribution in [3.8, 4) is 0 Å². The Bertz CT molecular complexity index is 500. The predicted octanol–water partition coefficient (Wildman–Crippen LogP) is 1.53. The molecule has 1 aliphatic rings. The van der Waals surface area contributed by atoms with Gasteiger partial charge in [-0.2, -0.15) is 0 Å². The molecular formula is C15H19NO4. The van der Waals surface area contributed by atoms with Gasteiger partial charge in [-0.1, -0.05) is 31.2 Å². The van der Waals surface area contributed by atoms with Crippen LogP contribution in [-0.2, 0) is 20.7 Å². The second-order valence-corrected chi connectivity index (χ2v) is 5.06. The van der Waals surface area contributed by atoms with Crippen molar-refractivity contribution >= 4 is 11.9 Å². The molecule has 1 aromatic rings. The van der Waals surface area contributed by atoms with Crippen LogP contribution in [0.5, 0.6) is 0 Å². The average molecular weight is 277 g/mol. The van der Waals surface area contributed by atoms with E-state index in [0.717, 1.165) is 12.0 Å². The van der Waals surface area contributed by atoms with Crippen LogP contribution in [0.15, 0.2) is 24.3 Å². The molecule has 5 heteroatoms. The lowest BCUT2D eigenvalue weighted by Crippen LogP contribution is -2.33. The number of ether oxygens (including phenoxy) is 1. The fourth-order valence-corrected chi connectivity index (χ4v) is 2.24. The Kier molecular flexibility index (Phi) is 4.74. The Morgan fingerprint density at radius 1 is 1.45 bits per heavy atom. The van der Waals surface area contributed by atoms with Crippen LogP contribution < -0.4 is 5.32 Å². The standard InChI is InChI=1S/C15H19NO4/c1-10(15(18)19)9-16-14(17)8-13-12-5-3-2-4-11(12)6-7-20-13/h2-5,10,13H,6-9H2,1H3,(H,16,17)(H,18,19). The molecule has 1 amide bonds. The lowest BCUT2D eigenvalue weighted by molar-refractivity contribution is -0.141. The molecule has 5 nitrogen and oxygen atoms in total. The molecule has 2 atom stereocenters. The zero-order chi connectivity index (χ0) is 14.5. The van der Waals surface area contributed by atoms with E-state index in [2.05, 4.69) is 11.4 Å². The van der Waals surface area contributed by atoms with Crippen LogP contribution in [0.1, 0.15) is 30.6 Å². The average Bonchev–Trinajstić information content (AvgIpc) is 2.45. The van der Waals surface area contributed by atoms with Crippen LogP contribution in [0, 0.1) is 5.92 Å². The van der Waals surface area contributed by atoms with Crippen LogP contribution in [0.2, 0.25) is 0 Å². The summed E-state index contributed by atoms with van der Waals surface area (Å²) in [7, 11) is 0. The fourth-order valence-electron chi connectivity index (χ4n) is 2.24. The van der Waals surface area contributed by atoms with Gasteiger partial charge in [0.15, 0.2) is 0 Å². The molecule has 1 aliphatic heterocycles. The van der Waals surface area contributed by atoms with Crippen molar-refractivity contribution in [3.63, 3.8) is 0 Å². The normalized spacial score (nSPS) is 18.9. The number of hydrogen-bond acceptors (Lipinski definition) is 3. The lowest BCUT2D eigenvalue weighted by atomic mass is 9.95. The van der Waals surface area contributed by atoms with Gasteiger partial charge in [-0.05, 0) is 17.5 Å². The van der Waals surface area contributed by atoms with Crippen molar-refractivity contribution in [2.75, 3.05) is 13.2 Å². The summed E-state index contributed by atoms with van der Waals surface area (Å²) in [6.45, 7) is 2.32. The van der Waals surface area contributed by atoms with Crippen molar-refractivity contribution in [2.24, 2.45) is 5.92 Å². The smallest absolute Gasteiger partial charge is 0.308 e. The third-order valence-electron chi connectivity index (χ3n) is 3.49. The van der Waals surface area contributed by atoms with Gasteiger partial charge in [0.25, 0.3) is 0 Å². The van der Waals surface area contributed by atoms with Gasteiger partial charge in [0.2, 0.25) is 5.91 Å². The van der Waals surface area contributed by atoms with E-state index in [1.807, 2.05) is 18.2 Å². The van der Waals surface area contributed by atoms with Crippen molar-refractivity contribution in [1.82, 2.24) is 5.32 Å². The Morgan fingerprint density at radius 2 is 2.20 bits per heavy atom. The Labute approximate surface area is 117 Å². The summed E-state index contributed by atoms with van der Waals surface area (Å²) < 4.78 is 5.65. The van der Waals surface area contributed by atoms with E-state index in [1.165, 1.54) is 5.56 Å². The maximum atomic E-state index is 11.9. The molecule has 2 unspecified atom stereocenters. The molecule has 0 saturated heterocycles. The van der Waals surface area contributed by atoms with E-state index in [4.69, 9.17) is 9.84 Å². The van der Waals surface area contributed by atoms with Crippen LogP contribution in [0.4, 0.5) is 0 Å². The summed E-state index contributed by atoms with van der Waals surface area (Å²) in [6, 6.07) is 7.95. The fraction of sp³-hybridized carbons (Fsp3) is 0.467. The first-order chi connectivity index (χ1) is 9.58. The highest BCUT2D eigenvalue weighted by Gasteiger charge is 2.23. The minimum Gasteiger partial charge on any atom is -0.481 e. The molecule has 0 aliphatic carbocycles. The molecule has 108 valence electrons. The second kappa shape index (κ2) is 6.52. The molecule has 0 fully saturated rings. The highest BCUT2D eigenvalue weighted by Crippen LogP contribution is 2.29. The zero-order valence-corrected chi connectivity index (χ0v) is 11.5. The molecule has 0 aromatic heterocycles. The molecule has 0 radical (unpaired) electrons. The van der Waals surface area contributed by atoms with E-state index < -0.39 is 11.9 Å². The molecule has 1 heterocycles. The van der Waals surface area contributed by atoms with Crippen molar-refractivity contribution in [1.29, 1.82) is 0 Å². The SMILES string of the molecule is CC(CNC(=O)CC1OCCc2ccccc21)C(=O)O. The van der Waals surface area contributed by atoms with Gasteiger partial charge in [-0.3, -0.25) is 9.59 Å². The Morgan fingerprint density at radius 3 is 2.95 bits per heavy atom. The summed E-state index contributed by atoms with van der Waals surface area (Å²) in [4.78, 5) is 22.6. The van der Waals surface area contributed by atoms with E-state index in [-0.39, 0.29) is 25.0 Å². The minimum atomic E-state index is -0.912. The highest BCUT2D eigenvalue weighted by atomic mass is 16.5. The monoisotopic (exact) mass is 277 g/mol. The summed E-state index contributed by atoms with van der Waals surface area (Å²) in [6.07, 6.45) is 0.855. The first kappa shape index (κ1) is 14.5. The summed E-state index contributed by atoms with van der Waals surface area (Å²) in [5.41, 5.74) is 2.27. The second-order valence-electron chi connectivity index (χ2n) is 5.06. The number of fused-ring (bicyclic) bond motifs is 1. The highest BCUT2D eigenvalue weighted by molar-refractivity contribution is 5.78. The van der Waals surface area contributed by atoms with E-state index in [9.17, 15) is 9.59 Å². The number of rotatable bonds is 5. The Balaban J connectivity index is 1.91. The van der Waals surface area contributed by atoms with Gasteiger partial charge in [0.1, 0.15) is 0 Å². The van der Waals surface area contributed by atoms with Crippen LogP contribution in [-0.4, -0.2) is 30.1 Å². The number of aliphatic carboxylic acids is 1. The maximum Gasteiger partial charge on any atom is 0.308 e. The van der Waals surface area contributed by atoms with Gasteiger partial charge < -0.3 is 15.2 Å². The number of amides is 1. The number of carbonyl (C=O) groups is 2. The maximum absolute atomic E-state index is 11.9. The first-order valence-electron chi connectivity index (χ1n) is 6.77. The van der Waals surface area contributed by atoms with Crippen LogP contribution in [0.25, 0.3) is 0 Å². The molecule has 0 saturated carbocycles. The van der Waals surface area contributed by atoms with Crippen molar-refractivity contribution < 1.29 is 19.4 Å². The number of benzene rings is 1. The van der Waals surface area contributed by atoms with E-state index in [1.54, 1.807) is 6.92 Å². The Hall–Kier alpha value is -1.88. The molecule has 2 N–H and O–H groups in total. The van der Waals surface area contributed by atoms with Gasteiger partial charge in [-0.25, -0.2) is 0 Å². The largest absolute Gasteiger partial charge is 0.481 e. The zero-order valence-electron chi connectivity index (χ0n) is 11.5.